The Bertz CT molecular complexity index is 452. The van der Waals surface area contributed by atoms with E-state index in [4.69, 9.17) is 4.74 Å². The lowest BCUT2D eigenvalue weighted by atomic mass is 9.95. The zero-order valence-corrected chi connectivity index (χ0v) is 13.7. The van der Waals surface area contributed by atoms with Crippen LogP contribution < -0.4 is 10.2 Å². The molecule has 1 saturated heterocycles. The summed E-state index contributed by atoms with van der Waals surface area (Å²) in [6.07, 6.45) is 3.60. The minimum atomic E-state index is 0.451. The van der Waals surface area contributed by atoms with Crippen LogP contribution in [0.25, 0.3) is 0 Å². The smallest absolute Gasteiger partial charge is 0.158 e. The second-order valence-electron chi connectivity index (χ2n) is 6.07. The summed E-state index contributed by atoms with van der Waals surface area (Å²) in [5.41, 5.74) is 0. The first-order valence-corrected chi connectivity index (χ1v) is 8.01. The molecule has 1 aromatic rings. The molecule has 118 valence electrons. The van der Waals surface area contributed by atoms with Gasteiger partial charge in [-0.15, -0.1) is 0 Å². The largest absolute Gasteiger partial charge is 0.377 e. The van der Waals surface area contributed by atoms with Crippen LogP contribution in [0.1, 0.15) is 45.9 Å². The number of piperidine rings is 1. The van der Waals surface area contributed by atoms with Crippen LogP contribution in [0.2, 0.25) is 0 Å². The molecule has 0 spiro atoms. The fraction of sp³-hybridized carbons (Fsp3) is 0.750. The molecule has 0 saturated carbocycles. The number of aromatic nitrogens is 2. The van der Waals surface area contributed by atoms with E-state index in [9.17, 15) is 0 Å². The van der Waals surface area contributed by atoms with Crippen LogP contribution in [-0.4, -0.2) is 36.2 Å². The molecule has 0 aromatic carbocycles. The normalized spacial score (nSPS) is 22.4. The van der Waals surface area contributed by atoms with Gasteiger partial charge in [-0.25, -0.2) is 9.97 Å². The Hall–Kier alpha value is -1.36. The number of ether oxygens (including phenoxy) is 1. The maximum absolute atomic E-state index is 5.21. The molecule has 21 heavy (non-hydrogen) atoms. The van der Waals surface area contributed by atoms with E-state index >= 15 is 0 Å². The first-order valence-electron chi connectivity index (χ1n) is 8.01. The third-order valence-corrected chi connectivity index (χ3v) is 4.00. The van der Waals surface area contributed by atoms with Gasteiger partial charge in [-0.3, -0.25) is 0 Å². The van der Waals surface area contributed by atoms with Crippen molar-refractivity contribution in [1.29, 1.82) is 0 Å². The summed E-state index contributed by atoms with van der Waals surface area (Å²) < 4.78 is 5.21. The molecule has 0 aliphatic carbocycles. The van der Waals surface area contributed by atoms with Crippen molar-refractivity contribution in [1.82, 2.24) is 9.97 Å². The van der Waals surface area contributed by atoms with Crippen molar-refractivity contribution < 1.29 is 4.74 Å². The van der Waals surface area contributed by atoms with E-state index in [1.165, 1.54) is 12.8 Å². The molecule has 1 fully saturated rings. The molecule has 0 radical (unpaired) electrons. The van der Waals surface area contributed by atoms with Crippen LogP contribution in [0.5, 0.6) is 0 Å². The Morgan fingerprint density at radius 2 is 2.14 bits per heavy atom. The van der Waals surface area contributed by atoms with Crippen molar-refractivity contribution in [3.05, 3.63) is 11.9 Å². The third kappa shape index (κ3) is 4.30. The molecule has 1 aliphatic heterocycles. The standard InChI is InChI=1S/C16H28N4O/c1-5-8-17-14-9-16(19-15(18-14)11-21-4)20-10-12(2)6-7-13(20)3/h9,12-13H,5-8,10-11H2,1-4H3,(H,17,18,19). The quantitative estimate of drug-likeness (QED) is 0.873. The first kappa shape index (κ1) is 16.0. The number of hydrogen-bond acceptors (Lipinski definition) is 5. The highest BCUT2D eigenvalue weighted by Crippen LogP contribution is 2.27. The van der Waals surface area contributed by atoms with E-state index in [1.807, 2.05) is 0 Å². The van der Waals surface area contributed by atoms with Gasteiger partial charge in [0, 0.05) is 32.3 Å². The number of anilines is 2. The minimum Gasteiger partial charge on any atom is -0.377 e. The molecule has 1 N–H and O–H groups in total. The molecular weight excluding hydrogens is 264 g/mol. The number of rotatable bonds is 6. The predicted molar refractivity (Wildman–Crippen MR) is 86.7 cm³/mol. The molecule has 1 aliphatic rings. The van der Waals surface area contributed by atoms with Crippen LogP contribution in [-0.2, 0) is 11.3 Å². The van der Waals surface area contributed by atoms with Gasteiger partial charge in [-0.05, 0) is 32.1 Å². The lowest BCUT2D eigenvalue weighted by Gasteiger charge is -2.37. The van der Waals surface area contributed by atoms with E-state index in [1.54, 1.807) is 7.11 Å². The van der Waals surface area contributed by atoms with Crippen LogP contribution >= 0.6 is 0 Å². The van der Waals surface area contributed by atoms with Crippen LogP contribution in [0.15, 0.2) is 6.07 Å². The second-order valence-corrected chi connectivity index (χ2v) is 6.07. The van der Waals surface area contributed by atoms with E-state index in [0.29, 0.717) is 18.6 Å². The fourth-order valence-corrected chi connectivity index (χ4v) is 2.78. The zero-order valence-electron chi connectivity index (χ0n) is 13.7. The molecule has 0 amide bonds. The summed E-state index contributed by atoms with van der Waals surface area (Å²) in [6, 6.07) is 2.61. The van der Waals surface area contributed by atoms with Gasteiger partial charge in [-0.1, -0.05) is 13.8 Å². The van der Waals surface area contributed by atoms with E-state index < -0.39 is 0 Å². The highest BCUT2D eigenvalue weighted by atomic mass is 16.5. The van der Waals surface area contributed by atoms with Gasteiger partial charge < -0.3 is 15.0 Å². The minimum absolute atomic E-state index is 0.451. The summed E-state index contributed by atoms with van der Waals surface area (Å²) >= 11 is 0. The van der Waals surface area contributed by atoms with Crippen molar-refractivity contribution in [2.45, 2.75) is 52.7 Å². The number of nitrogens with zero attached hydrogens (tertiary/aromatic N) is 3. The highest BCUT2D eigenvalue weighted by Gasteiger charge is 2.24. The average Bonchev–Trinajstić information content (AvgIpc) is 2.48. The summed E-state index contributed by atoms with van der Waals surface area (Å²) in [7, 11) is 1.68. The van der Waals surface area contributed by atoms with Gasteiger partial charge in [0.15, 0.2) is 5.82 Å². The van der Waals surface area contributed by atoms with Crippen molar-refractivity contribution in [2.75, 3.05) is 30.4 Å². The molecular formula is C16H28N4O. The summed E-state index contributed by atoms with van der Waals surface area (Å²) in [5, 5.41) is 3.37. The van der Waals surface area contributed by atoms with Crippen LogP contribution in [0.4, 0.5) is 11.6 Å². The van der Waals surface area contributed by atoms with Gasteiger partial charge in [0.1, 0.15) is 18.2 Å². The van der Waals surface area contributed by atoms with Gasteiger partial charge >= 0.3 is 0 Å². The molecule has 5 heteroatoms. The Morgan fingerprint density at radius 3 is 2.86 bits per heavy atom. The predicted octanol–water partition coefficient (Wildman–Crippen LogP) is 3.07. The van der Waals surface area contributed by atoms with Gasteiger partial charge in [0.05, 0.1) is 0 Å². The molecule has 5 nitrogen and oxygen atoms in total. The van der Waals surface area contributed by atoms with Gasteiger partial charge in [0.25, 0.3) is 0 Å². The second kappa shape index (κ2) is 7.59. The maximum Gasteiger partial charge on any atom is 0.158 e. The summed E-state index contributed by atoms with van der Waals surface area (Å²) in [4.78, 5) is 11.6. The van der Waals surface area contributed by atoms with Gasteiger partial charge in [-0.2, -0.15) is 0 Å². The molecule has 1 aromatic heterocycles. The van der Waals surface area contributed by atoms with Crippen LogP contribution in [0.3, 0.4) is 0 Å². The Labute approximate surface area is 128 Å². The molecule has 2 rings (SSSR count). The Balaban J connectivity index is 2.25. The molecule has 0 bridgehead atoms. The van der Waals surface area contributed by atoms with Crippen LogP contribution in [0, 0.1) is 5.92 Å². The number of hydrogen-bond donors (Lipinski definition) is 1. The zero-order chi connectivity index (χ0) is 15.2. The monoisotopic (exact) mass is 292 g/mol. The van der Waals surface area contributed by atoms with Crippen molar-refractivity contribution in [3.63, 3.8) is 0 Å². The summed E-state index contributed by atoms with van der Waals surface area (Å²) in [5.74, 6) is 3.39. The number of nitrogens with one attached hydrogen (secondary N) is 1. The van der Waals surface area contributed by atoms with E-state index in [0.717, 1.165) is 37.0 Å². The van der Waals surface area contributed by atoms with Gasteiger partial charge in [0.2, 0.25) is 0 Å². The van der Waals surface area contributed by atoms with Crippen molar-refractivity contribution in [3.8, 4) is 0 Å². The number of methoxy groups -OCH3 is 1. The Kier molecular flexibility index (Phi) is 5.79. The fourth-order valence-electron chi connectivity index (χ4n) is 2.78. The highest BCUT2D eigenvalue weighted by molar-refractivity contribution is 5.50. The molecule has 2 atom stereocenters. The maximum atomic E-state index is 5.21. The lowest BCUT2D eigenvalue weighted by molar-refractivity contribution is 0.178. The summed E-state index contributed by atoms with van der Waals surface area (Å²) in [6.45, 7) is 9.19. The topological polar surface area (TPSA) is 50.3 Å². The van der Waals surface area contributed by atoms with Crippen molar-refractivity contribution >= 4 is 11.6 Å². The molecule has 2 heterocycles. The molecule has 2 unspecified atom stereocenters. The lowest BCUT2D eigenvalue weighted by Crippen LogP contribution is -2.41. The van der Waals surface area contributed by atoms with E-state index in [2.05, 4.69) is 47.0 Å². The van der Waals surface area contributed by atoms with Crippen molar-refractivity contribution in [2.24, 2.45) is 5.92 Å². The van der Waals surface area contributed by atoms with E-state index in [-0.39, 0.29) is 0 Å². The SMILES string of the molecule is CCCNc1cc(N2CC(C)CCC2C)nc(COC)n1. The average molecular weight is 292 g/mol. The Morgan fingerprint density at radius 1 is 1.33 bits per heavy atom. The first-order chi connectivity index (χ1) is 10.1. The third-order valence-electron chi connectivity index (χ3n) is 4.00.